The van der Waals surface area contributed by atoms with Gasteiger partial charge >= 0.3 is 0 Å². The van der Waals surface area contributed by atoms with Crippen LogP contribution in [0.2, 0.25) is 0 Å². The van der Waals surface area contributed by atoms with Gasteiger partial charge in [-0.2, -0.15) is 0 Å². The van der Waals surface area contributed by atoms with Crippen LogP contribution in [0.1, 0.15) is 11.1 Å². The van der Waals surface area contributed by atoms with E-state index in [0.717, 1.165) is 32.9 Å². The van der Waals surface area contributed by atoms with Gasteiger partial charge in [-0.3, -0.25) is 9.97 Å². The van der Waals surface area contributed by atoms with Crippen molar-refractivity contribution in [3.63, 3.8) is 0 Å². The standard InChI is InChI=1S/C16H12N2/c1-3-11-7-9-17-15-13(11)5-6-14-12(4-2)8-10-18-16(14)15/h3-10H,1-2H2. The van der Waals surface area contributed by atoms with Gasteiger partial charge in [0.25, 0.3) is 0 Å². The maximum Gasteiger partial charge on any atom is 0.0970 e. The average molecular weight is 232 g/mol. The molecule has 0 saturated carbocycles. The largest absolute Gasteiger partial charge is 0.254 e. The Labute approximate surface area is 105 Å². The molecule has 0 aliphatic rings. The summed E-state index contributed by atoms with van der Waals surface area (Å²) in [6, 6.07) is 8.05. The molecule has 0 fully saturated rings. The van der Waals surface area contributed by atoms with Crippen LogP contribution in [0, 0.1) is 0 Å². The van der Waals surface area contributed by atoms with Crippen molar-refractivity contribution in [2.24, 2.45) is 0 Å². The molecule has 2 heterocycles. The maximum atomic E-state index is 4.45. The van der Waals surface area contributed by atoms with Crippen LogP contribution < -0.4 is 0 Å². The minimum atomic E-state index is 0.911. The zero-order valence-electron chi connectivity index (χ0n) is 9.93. The van der Waals surface area contributed by atoms with Crippen molar-refractivity contribution < 1.29 is 0 Å². The van der Waals surface area contributed by atoms with Crippen molar-refractivity contribution in [3.8, 4) is 0 Å². The number of nitrogens with zero attached hydrogens (tertiary/aromatic N) is 2. The first kappa shape index (κ1) is 10.7. The van der Waals surface area contributed by atoms with E-state index in [4.69, 9.17) is 0 Å². The van der Waals surface area contributed by atoms with E-state index in [1.807, 2.05) is 24.3 Å². The van der Waals surface area contributed by atoms with Crippen LogP contribution in [0.4, 0.5) is 0 Å². The van der Waals surface area contributed by atoms with Crippen molar-refractivity contribution in [2.45, 2.75) is 0 Å². The monoisotopic (exact) mass is 232 g/mol. The number of hydrogen-bond acceptors (Lipinski definition) is 2. The van der Waals surface area contributed by atoms with Crippen LogP contribution in [0.15, 0.2) is 49.8 Å². The van der Waals surface area contributed by atoms with Gasteiger partial charge < -0.3 is 0 Å². The van der Waals surface area contributed by atoms with Gasteiger partial charge in [0.05, 0.1) is 11.0 Å². The summed E-state index contributed by atoms with van der Waals surface area (Å²) in [6.45, 7) is 7.66. The Kier molecular flexibility index (Phi) is 2.41. The Morgan fingerprint density at radius 3 is 1.56 bits per heavy atom. The van der Waals surface area contributed by atoms with Gasteiger partial charge in [0.1, 0.15) is 0 Å². The minimum absolute atomic E-state index is 0.911. The molecule has 0 aliphatic heterocycles. The highest BCUT2D eigenvalue weighted by atomic mass is 14.7. The second-order valence-corrected chi connectivity index (χ2v) is 4.07. The van der Waals surface area contributed by atoms with Gasteiger partial charge in [-0.15, -0.1) is 0 Å². The van der Waals surface area contributed by atoms with E-state index in [-0.39, 0.29) is 0 Å². The molecule has 0 spiro atoms. The quantitative estimate of drug-likeness (QED) is 0.622. The summed E-state index contributed by atoms with van der Waals surface area (Å²) >= 11 is 0. The van der Waals surface area contributed by atoms with Crippen molar-refractivity contribution in [2.75, 3.05) is 0 Å². The highest BCUT2D eigenvalue weighted by Crippen LogP contribution is 2.27. The van der Waals surface area contributed by atoms with Gasteiger partial charge in [0.2, 0.25) is 0 Å². The summed E-state index contributed by atoms with van der Waals surface area (Å²) in [5.74, 6) is 0. The first-order chi connectivity index (χ1) is 8.85. The normalized spacial score (nSPS) is 10.7. The zero-order chi connectivity index (χ0) is 12.5. The molecule has 0 atom stereocenters. The molecule has 0 aliphatic carbocycles. The lowest BCUT2D eigenvalue weighted by Gasteiger charge is -2.06. The Morgan fingerprint density at radius 2 is 1.17 bits per heavy atom. The summed E-state index contributed by atoms with van der Waals surface area (Å²) in [5.41, 5.74) is 3.97. The second kappa shape index (κ2) is 4.08. The molecule has 1 aromatic carbocycles. The number of hydrogen-bond donors (Lipinski definition) is 0. The summed E-state index contributed by atoms with van der Waals surface area (Å²) < 4.78 is 0. The first-order valence-electron chi connectivity index (χ1n) is 5.76. The van der Waals surface area contributed by atoms with E-state index in [1.165, 1.54) is 0 Å². The number of aromatic nitrogens is 2. The highest BCUT2D eigenvalue weighted by Gasteiger charge is 2.06. The van der Waals surface area contributed by atoms with E-state index < -0.39 is 0 Å². The van der Waals surface area contributed by atoms with Gasteiger partial charge in [-0.25, -0.2) is 0 Å². The lowest BCUT2D eigenvalue weighted by molar-refractivity contribution is 1.37. The number of fused-ring (bicyclic) bond motifs is 3. The summed E-state index contributed by atoms with van der Waals surface area (Å²) in [7, 11) is 0. The SMILES string of the molecule is C=Cc1ccnc2c1ccc1c(C=C)ccnc12. The third kappa shape index (κ3) is 1.43. The van der Waals surface area contributed by atoms with Crippen LogP contribution in [0.25, 0.3) is 34.0 Å². The van der Waals surface area contributed by atoms with E-state index in [2.05, 4.69) is 35.3 Å². The van der Waals surface area contributed by atoms with Crippen LogP contribution in [0.5, 0.6) is 0 Å². The average Bonchev–Trinajstić information content (AvgIpc) is 2.45. The van der Waals surface area contributed by atoms with Crippen LogP contribution in [0.3, 0.4) is 0 Å². The summed E-state index contributed by atoms with van der Waals surface area (Å²) in [4.78, 5) is 8.90. The fourth-order valence-electron chi connectivity index (χ4n) is 2.23. The molecular weight excluding hydrogens is 220 g/mol. The Morgan fingerprint density at radius 1 is 0.722 bits per heavy atom. The molecule has 0 radical (unpaired) electrons. The van der Waals surface area contributed by atoms with Crippen molar-refractivity contribution in [1.29, 1.82) is 0 Å². The number of benzene rings is 1. The molecule has 2 aromatic heterocycles. The van der Waals surface area contributed by atoms with Gasteiger partial charge in [0, 0.05) is 23.2 Å². The molecule has 2 heteroatoms. The first-order valence-corrected chi connectivity index (χ1v) is 5.76. The van der Waals surface area contributed by atoms with Crippen LogP contribution >= 0.6 is 0 Å². The third-order valence-corrected chi connectivity index (χ3v) is 3.13. The molecule has 0 N–H and O–H groups in total. The van der Waals surface area contributed by atoms with E-state index in [0.29, 0.717) is 0 Å². The van der Waals surface area contributed by atoms with Gasteiger partial charge in [-0.1, -0.05) is 37.4 Å². The lowest BCUT2D eigenvalue weighted by atomic mass is 10.0. The third-order valence-electron chi connectivity index (χ3n) is 3.13. The molecule has 86 valence electrons. The minimum Gasteiger partial charge on any atom is -0.254 e. The predicted molar refractivity (Wildman–Crippen MR) is 77.2 cm³/mol. The Balaban J connectivity index is 2.55. The molecule has 0 unspecified atom stereocenters. The highest BCUT2D eigenvalue weighted by molar-refractivity contribution is 6.07. The molecule has 0 saturated heterocycles. The maximum absolute atomic E-state index is 4.45. The lowest BCUT2D eigenvalue weighted by Crippen LogP contribution is -1.88. The molecule has 18 heavy (non-hydrogen) atoms. The van der Waals surface area contributed by atoms with Crippen LogP contribution in [-0.2, 0) is 0 Å². The Hall–Kier alpha value is -2.48. The molecule has 2 nitrogen and oxygen atoms in total. The molecule has 3 aromatic rings. The zero-order valence-corrected chi connectivity index (χ0v) is 9.93. The summed E-state index contributed by atoms with van der Waals surface area (Å²) in [5, 5.41) is 2.16. The number of pyridine rings is 2. The Bertz CT molecular complexity index is 706. The second-order valence-electron chi connectivity index (χ2n) is 4.07. The summed E-state index contributed by atoms with van der Waals surface area (Å²) in [6.07, 6.45) is 7.27. The van der Waals surface area contributed by atoms with Gasteiger partial charge in [-0.05, 0) is 23.3 Å². The molecular formula is C16H12N2. The van der Waals surface area contributed by atoms with E-state index in [1.54, 1.807) is 12.4 Å². The molecule has 3 rings (SSSR count). The van der Waals surface area contributed by atoms with Crippen molar-refractivity contribution in [1.82, 2.24) is 9.97 Å². The fourth-order valence-corrected chi connectivity index (χ4v) is 2.23. The molecule has 0 bridgehead atoms. The smallest absolute Gasteiger partial charge is 0.0970 e. The van der Waals surface area contributed by atoms with Crippen molar-refractivity contribution >= 4 is 34.0 Å². The topological polar surface area (TPSA) is 25.8 Å². The van der Waals surface area contributed by atoms with E-state index >= 15 is 0 Å². The number of rotatable bonds is 2. The van der Waals surface area contributed by atoms with Gasteiger partial charge in [0.15, 0.2) is 0 Å². The van der Waals surface area contributed by atoms with Crippen LogP contribution in [-0.4, -0.2) is 9.97 Å². The van der Waals surface area contributed by atoms with Crippen molar-refractivity contribution in [3.05, 3.63) is 60.9 Å². The molecule has 0 amide bonds. The fraction of sp³-hybridized carbons (Fsp3) is 0. The van der Waals surface area contributed by atoms with E-state index in [9.17, 15) is 0 Å². The predicted octanol–water partition coefficient (Wildman–Crippen LogP) is 4.07.